The standard InChI is InChI=1S/C13H12ClN5O/c1-20-12-8-16-7-11(18-12)13(15)19-17-6-9-4-2-3-5-10(9)14/h2-8H,1H3,(H2,15,19)/b17-6+. The molecule has 102 valence electrons. The summed E-state index contributed by atoms with van der Waals surface area (Å²) in [7, 11) is 1.50. The van der Waals surface area contributed by atoms with Crippen LogP contribution >= 0.6 is 11.6 Å². The van der Waals surface area contributed by atoms with E-state index in [-0.39, 0.29) is 5.84 Å². The summed E-state index contributed by atoms with van der Waals surface area (Å²) in [4.78, 5) is 8.03. The molecule has 0 saturated heterocycles. The van der Waals surface area contributed by atoms with Gasteiger partial charge in [0.25, 0.3) is 0 Å². The summed E-state index contributed by atoms with van der Waals surface area (Å²) in [5.41, 5.74) is 6.91. The molecule has 1 aromatic heterocycles. The Morgan fingerprint density at radius 1 is 1.35 bits per heavy atom. The summed E-state index contributed by atoms with van der Waals surface area (Å²) in [5.74, 6) is 0.496. The molecule has 2 aromatic rings. The summed E-state index contributed by atoms with van der Waals surface area (Å²) >= 11 is 5.99. The van der Waals surface area contributed by atoms with Crippen LogP contribution in [0.4, 0.5) is 0 Å². The number of ether oxygens (including phenoxy) is 1. The molecule has 0 amide bonds. The topological polar surface area (TPSA) is 85.8 Å². The minimum absolute atomic E-state index is 0.139. The van der Waals surface area contributed by atoms with Crippen molar-refractivity contribution in [1.29, 1.82) is 0 Å². The van der Waals surface area contributed by atoms with E-state index in [4.69, 9.17) is 22.1 Å². The Bertz CT molecular complexity index is 657. The first kappa shape index (κ1) is 14.0. The number of rotatable bonds is 4. The second-order valence-electron chi connectivity index (χ2n) is 3.70. The largest absolute Gasteiger partial charge is 0.480 e. The van der Waals surface area contributed by atoms with E-state index in [9.17, 15) is 0 Å². The maximum Gasteiger partial charge on any atom is 0.232 e. The first-order valence-corrected chi connectivity index (χ1v) is 6.06. The second kappa shape index (κ2) is 6.63. The van der Waals surface area contributed by atoms with E-state index in [1.807, 2.05) is 18.2 Å². The fourth-order valence-electron chi connectivity index (χ4n) is 1.35. The van der Waals surface area contributed by atoms with Crippen molar-refractivity contribution >= 4 is 23.7 Å². The van der Waals surface area contributed by atoms with Gasteiger partial charge in [-0.1, -0.05) is 29.8 Å². The van der Waals surface area contributed by atoms with E-state index in [1.54, 1.807) is 6.07 Å². The summed E-state index contributed by atoms with van der Waals surface area (Å²) in [6.07, 6.45) is 4.47. The number of nitrogens with two attached hydrogens (primary N) is 1. The molecule has 0 aliphatic heterocycles. The SMILES string of the molecule is COc1cncc(/C(N)=N/N=C/c2ccccc2Cl)n1. The number of aromatic nitrogens is 2. The number of methoxy groups -OCH3 is 1. The van der Waals surface area contributed by atoms with E-state index >= 15 is 0 Å². The van der Waals surface area contributed by atoms with Crippen molar-refractivity contribution in [3.8, 4) is 5.88 Å². The van der Waals surface area contributed by atoms with Crippen LogP contribution in [0.5, 0.6) is 5.88 Å². The number of benzene rings is 1. The van der Waals surface area contributed by atoms with Gasteiger partial charge < -0.3 is 10.5 Å². The zero-order chi connectivity index (χ0) is 14.4. The van der Waals surface area contributed by atoms with Gasteiger partial charge in [0, 0.05) is 10.6 Å². The minimum Gasteiger partial charge on any atom is -0.480 e. The third-order valence-electron chi connectivity index (χ3n) is 2.35. The quantitative estimate of drug-likeness (QED) is 0.529. The molecule has 2 N–H and O–H groups in total. The van der Waals surface area contributed by atoms with E-state index in [0.29, 0.717) is 16.6 Å². The van der Waals surface area contributed by atoms with Crippen molar-refractivity contribution < 1.29 is 4.74 Å². The molecule has 0 aliphatic carbocycles. The highest BCUT2D eigenvalue weighted by Gasteiger charge is 2.02. The van der Waals surface area contributed by atoms with Crippen molar-refractivity contribution in [1.82, 2.24) is 9.97 Å². The number of hydrogen-bond donors (Lipinski definition) is 1. The van der Waals surface area contributed by atoms with Gasteiger partial charge in [-0.25, -0.2) is 4.98 Å². The average molecular weight is 290 g/mol. The van der Waals surface area contributed by atoms with Crippen LogP contribution in [-0.2, 0) is 0 Å². The van der Waals surface area contributed by atoms with Gasteiger partial charge >= 0.3 is 0 Å². The van der Waals surface area contributed by atoms with Gasteiger partial charge in [0.15, 0.2) is 5.84 Å². The van der Waals surface area contributed by atoms with Gasteiger partial charge in [0.05, 0.1) is 25.7 Å². The van der Waals surface area contributed by atoms with Gasteiger partial charge in [0.2, 0.25) is 5.88 Å². The van der Waals surface area contributed by atoms with Crippen molar-refractivity contribution in [3.63, 3.8) is 0 Å². The Hall–Kier alpha value is -2.47. The molecule has 0 unspecified atom stereocenters. The highest BCUT2D eigenvalue weighted by Crippen LogP contribution is 2.12. The summed E-state index contributed by atoms with van der Waals surface area (Å²) < 4.78 is 4.95. The lowest BCUT2D eigenvalue weighted by Gasteiger charge is -2.00. The number of nitrogens with zero attached hydrogens (tertiary/aromatic N) is 4. The lowest BCUT2D eigenvalue weighted by molar-refractivity contribution is 0.395. The number of amidine groups is 1. The normalized spacial score (nSPS) is 11.8. The van der Waals surface area contributed by atoms with E-state index in [2.05, 4.69) is 20.2 Å². The van der Waals surface area contributed by atoms with E-state index in [1.165, 1.54) is 25.7 Å². The van der Waals surface area contributed by atoms with Crippen LogP contribution in [0.15, 0.2) is 46.9 Å². The maximum atomic E-state index is 5.99. The Kier molecular flexibility index (Phi) is 4.62. The zero-order valence-corrected chi connectivity index (χ0v) is 11.4. The molecule has 0 spiro atoms. The van der Waals surface area contributed by atoms with Gasteiger partial charge in [-0.05, 0) is 6.07 Å². The fraction of sp³-hybridized carbons (Fsp3) is 0.0769. The van der Waals surface area contributed by atoms with Crippen LogP contribution in [-0.4, -0.2) is 29.1 Å². The summed E-state index contributed by atoms with van der Waals surface area (Å²) in [5, 5.41) is 8.32. The van der Waals surface area contributed by atoms with Crippen molar-refractivity contribution in [2.24, 2.45) is 15.9 Å². The van der Waals surface area contributed by atoms with Crippen molar-refractivity contribution in [2.75, 3.05) is 7.11 Å². The molecule has 0 atom stereocenters. The van der Waals surface area contributed by atoms with Gasteiger partial charge in [-0.15, -0.1) is 5.10 Å². The van der Waals surface area contributed by atoms with Crippen LogP contribution in [0.2, 0.25) is 5.02 Å². The Morgan fingerprint density at radius 3 is 2.90 bits per heavy atom. The van der Waals surface area contributed by atoms with Crippen LogP contribution in [0.1, 0.15) is 11.3 Å². The Balaban J connectivity index is 2.16. The molecule has 6 nitrogen and oxygen atoms in total. The molecule has 7 heteroatoms. The second-order valence-corrected chi connectivity index (χ2v) is 4.11. The highest BCUT2D eigenvalue weighted by molar-refractivity contribution is 6.33. The zero-order valence-electron chi connectivity index (χ0n) is 10.7. The Labute approximate surface area is 121 Å². The highest BCUT2D eigenvalue weighted by atomic mass is 35.5. The maximum absolute atomic E-state index is 5.99. The third-order valence-corrected chi connectivity index (χ3v) is 2.70. The molecular weight excluding hydrogens is 278 g/mol. The average Bonchev–Trinajstić information content (AvgIpc) is 2.49. The minimum atomic E-state index is 0.139. The van der Waals surface area contributed by atoms with Crippen LogP contribution in [0.25, 0.3) is 0 Å². The monoisotopic (exact) mass is 289 g/mol. The van der Waals surface area contributed by atoms with Crippen LogP contribution in [0.3, 0.4) is 0 Å². The molecule has 2 rings (SSSR count). The summed E-state index contributed by atoms with van der Waals surface area (Å²) in [6.45, 7) is 0. The van der Waals surface area contributed by atoms with Crippen molar-refractivity contribution in [3.05, 3.63) is 52.9 Å². The summed E-state index contributed by atoms with van der Waals surface area (Å²) in [6, 6.07) is 7.28. The van der Waals surface area contributed by atoms with Crippen LogP contribution in [0, 0.1) is 0 Å². The van der Waals surface area contributed by atoms with Crippen molar-refractivity contribution in [2.45, 2.75) is 0 Å². The predicted octanol–water partition coefficient (Wildman–Crippen LogP) is 1.88. The molecule has 0 bridgehead atoms. The first-order valence-electron chi connectivity index (χ1n) is 5.68. The van der Waals surface area contributed by atoms with E-state index in [0.717, 1.165) is 5.56 Å². The molecule has 0 saturated carbocycles. The molecular formula is C13H12ClN5O. The molecule has 0 radical (unpaired) electrons. The molecule has 0 aliphatic rings. The fourth-order valence-corrected chi connectivity index (χ4v) is 1.54. The molecule has 0 fully saturated rings. The van der Waals surface area contributed by atoms with Crippen LogP contribution < -0.4 is 10.5 Å². The number of halogens is 1. The molecule has 1 aromatic carbocycles. The third kappa shape index (κ3) is 3.52. The van der Waals surface area contributed by atoms with Gasteiger partial charge in [0.1, 0.15) is 5.69 Å². The Morgan fingerprint density at radius 2 is 2.15 bits per heavy atom. The number of hydrogen-bond acceptors (Lipinski definition) is 5. The molecule has 20 heavy (non-hydrogen) atoms. The molecule has 1 heterocycles. The van der Waals surface area contributed by atoms with Gasteiger partial charge in [-0.2, -0.15) is 5.10 Å². The van der Waals surface area contributed by atoms with Gasteiger partial charge in [-0.3, -0.25) is 4.98 Å². The lowest BCUT2D eigenvalue weighted by atomic mass is 10.2. The first-order chi connectivity index (χ1) is 9.70. The van der Waals surface area contributed by atoms with E-state index < -0.39 is 0 Å². The smallest absolute Gasteiger partial charge is 0.232 e. The predicted molar refractivity (Wildman–Crippen MR) is 78.4 cm³/mol. The lowest BCUT2D eigenvalue weighted by Crippen LogP contribution is -2.15.